The Balaban J connectivity index is 1.38. The van der Waals surface area contributed by atoms with Gasteiger partial charge in [-0.15, -0.1) is 11.3 Å². The highest BCUT2D eigenvalue weighted by atomic mass is 32.2. The van der Waals surface area contributed by atoms with Gasteiger partial charge in [0, 0.05) is 23.0 Å². The number of thiazole rings is 1. The number of nitrogens with zero attached hydrogens (tertiary/aromatic N) is 2. The number of carbonyl (C=O) groups is 1. The van der Waals surface area contributed by atoms with Crippen LogP contribution in [0.1, 0.15) is 28.2 Å². The molecule has 4 heterocycles. The van der Waals surface area contributed by atoms with Crippen LogP contribution in [0.25, 0.3) is 0 Å². The summed E-state index contributed by atoms with van der Waals surface area (Å²) in [6, 6.07) is 8.20. The molecule has 0 radical (unpaired) electrons. The number of piperidine rings is 3. The third-order valence-electron chi connectivity index (χ3n) is 4.91. The van der Waals surface area contributed by atoms with Crippen LogP contribution in [-0.2, 0) is 0 Å². The fourth-order valence-corrected chi connectivity index (χ4v) is 5.49. The Bertz CT molecular complexity index is 720. The highest BCUT2D eigenvalue weighted by molar-refractivity contribution is 8.01. The lowest BCUT2D eigenvalue weighted by Gasteiger charge is -2.44. The van der Waals surface area contributed by atoms with Gasteiger partial charge in [-0.1, -0.05) is 11.8 Å². The number of aryl methyl sites for hydroxylation is 1. The summed E-state index contributed by atoms with van der Waals surface area (Å²) >= 11 is 3.38. The van der Waals surface area contributed by atoms with Gasteiger partial charge in [0.05, 0.1) is 15.4 Å². The first-order valence-corrected chi connectivity index (χ1v) is 10.0. The number of fused-ring (bicyclic) bond motifs is 3. The summed E-state index contributed by atoms with van der Waals surface area (Å²) in [5.74, 6) is 0.710. The van der Waals surface area contributed by atoms with Crippen LogP contribution in [0, 0.1) is 12.8 Å². The molecule has 0 unspecified atom stereocenters. The number of aromatic nitrogens is 1. The molecule has 2 bridgehead atoms. The summed E-state index contributed by atoms with van der Waals surface area (Å²) in [5.41, 5.74) is 0.747. The molecule has 126 valence electrons. The SMILES string of the molecule is Cc1ncc(Sc2ccc(C(=O)N[C@H]3CN4CCC3CC4)cc2)s1. The van der Waals surface area contributed by atoms with Crippen LogP contribution in [0.5, 0.6) is 0 Å². The molecule has 24 heavy (non-hydrogen) atoms. The highest BCUT2D eigenvalue weighted by Gasteiger charge is 2.34. The second kappa shape index (κ2) is 6.86. The van der Waals surface area contributed by atoms with E-state index in [4.69, 9.17) is 0 Å². The van der Waals surface area contributed by atoms with E-state index < -0.39 is 0 Å². The van der Waals surface area contributed by atoms with Gasteiger partial charge >= 0.3 is 0 Å². The van der Waals surface area contributed by atoms with Crippen molar-refractivity contribution in [3.63, 3.8) is 0 Å². The van der Waals surface area contributed by atoms with Crippen molar-refractivity contribution in [1.29, 1.82) is 0 Å². The van der Waals surface area contributed by atoms with Crippen molar-refractivity contribution in [3.8, 4) is 0 Å². The Morgan fingerprint density at radius 1 is 1.29 bits per heavy atom. The van der Waals surface area contributed by atoms with Crippen LogP contribution in [0.4, 0.5) is 0 Å². The largest absolute Gasteiger partial charge is 0.348 e. The van der Waals surface area contributed by atoms with E-state index in [9.17, 15) is 4.79 Å². The van der Waals surface area contributed by atoms with Gasteiger partial charge in [-0.25, -0.2) is 4.98 Å². The molecule has 1 aromatic carbocycles. The van der Waals surface area contributed by atoms with E-state index in [1.807, 2.05) is 37.4 Å². The molecule has 1 N–H and O–H groups in total. The molecular formula is C18H21N3OS2. The quantitative estimate of drug-likeness (QED) is 0.908. The highest BCUT2D eigenvalue weighted by Crippen LogP contribution is 2.32. The number of hydrogen-bond donors (Lipinski definition) is 1. The number of nitrogens with one attached hydrogen (secondary N) is 1. The maximum atomic E-state index is 12.5. The Kier molecular flexibility index (Phi) is 4.61. The normalized spacial score (nSPS) is 25.6. The van der Waals surface area contributed by atoms with E-state index >= 15 is 0 Å². The predicted molar refractivity (Wildman–Crippen MR) is 97.8 cm³/mol. The zero-order valence-corrected chi connectivity index (χ0v) is 15.3. The molecule has 5 rings (SSSR count). The van der Waals surface area contributed by atoms with Crippen LogP contribution < -0.4 is 5.32 Å². The topological polar surface area (TPSA) is 45.2 Å². The zero-order valence-electron chi connectivity index (χ0n) is 13.7. The number of hydrogen-bond acceptors (Lipinski definition) is 5. The molecule has 3 aliphatic heterocycles. The van der Waals surface area contributed by atoms with Crippen LogP contribution >= 0.6 is 23.1 Å². The van der Waals surface area contributed by atoms with Gasteiger partial charge in [0.25, 0.3) is 5.91 Å². The van der Waals surface area contributed by atoms with E-state index in [2.05, 4.69) is 15.2 Å². The molecule has 3 aliphatic rings. The standard InChI is InChI=1S/C18H21N3OS2/c1-12-19-10-17(23-12)24-15-4-2-14(3-5-15)18(22)20-16-11-21-8-6-13(16)7-9-21/h2-5,10,13,16H,6-9,11H2,1H3,(H,20,22)/t16-/m0/s1. The number of benzene rings is 1. The van der Waals surface area contributed by atoms with Gasteiger partial charge in [-0.3, -0.25) is 4.79 Å². The van der Waals surface area contributed by atoms with E-state index in [1.165, 1.54) is 30.1 Å². The monoisotopic (exact) mass is 359 g/mol. The molecule has 1 aromatic heterocycles. The third-order valence-corrected chi connectivity index (χ3v) is 6.93. The molecule has 2 aromatic rings. The molecule has 0 aliphatic carbocycles. The third kappa shape index (κ3) is 3.50. The first-order valence-electron chi connectivity index (χ1n) is 8.41. The average molecular weight is 360 g/mol. The van der Waals surface area contributed by atoms with Crippen LogP contribution in [0.2, 0.25) is 0 Å². The van der Waals surface area contributed by atoms with Crippen molar-refractivity contribution >= 4 is 29.0 Å². The molecule has 3 fully saturated rings. The number of rotatable bonds is 4. The summed E-state index contributed by atoms with van der Waals surface area (Å²) in [6.07, 6.45) is 4.34. The van der Waals surface area contributed by atoms with Gasteiger partial charge in [-0.05, 0) is 63.0 Å². The van der Waals surface area contributed by atoms with Crippen molar-refractivity contribution < 1.29 is 4.79 Å². The van der Waals surface area contributed by atoms with E-state index in [-0.39, 0.29) is 5.91 Å². The Morgan fingerprint density at radius 2 is 2.04 bits per heavy atom. The second-order valence-corrected chi connectivity index (χ2v) is 9.15. The second-order valence-electron chi connectivity index (χ2n) is 6.54. The van der Waals surface area contributed by atoms with Crippen molar-refractivity contribution in [2.75, 3.05) is 19.6 Å². The molecule has 0 saturated carbocycles. The van der Waals surface area contributed by atoms with Gasteiger partial charge in [0.2, 0.25) is 0 Å². The average Bonchev–Trinajstić information content (AvgIpc) is 3.01. The number of amides is 1. The van der Waals surface area contributed by atoms with E-state index in [0.29, 0.717) is 12.0 Å². The van der Waals surface area contributed by atoms with Gasteiger partial charge in [0.15, 0.2) is 0 Å². The first-order chi connectivity index (χ1) is 11.7. The fourth-order valence-electron chi connectivity index (χ4n) is 3.56. The molecule has 0 spiro atoms. The lowest BCUT2D eigenvalue weighted by molar-refractivity contribution is 0.0620. The zero-order chi connectivity index (χ0) is 16.5. The molecular weight excluding hydrogens is 338 g/mol. The van der Waals surface area contributed by atoms with Crippen LogP contribution in [-0.4, -0.2) is 41.5 Å². The summed E-state index contributed by atoms with van der Waals surface area (Å²) < 4.78 is 1.18. The van der Waals surface area contributed by atoms with Gasteiger partial charge in [-0.2, -0.15) is 0 Å². The minimum atomic E-state index is 0.0546. The summed E-state index contributed by atoms with van der Waals surface area (Å²) in [5, 5.41) is 4.32. The van der Waals surface area contributed by atoms with E-state index in [1.54, 1.807) is 23.1 Å². The molecule has 1 atom stereocenters. The lowest BCUT2D eigenvalue weighted by atomic mass is 9.84. The van der Waals surface area contributed by atoms with Gasteiger partial charge in [0.1, 0.15) is 0 Å². The van der Waals surface area contributed by atoms with Crippen molar-refractivity contribution in [3.05, 3.63) is 41.0 Å². The van der Waals surface area contributed by atoms with Crippen molar-refractivity contribution in [1.82, 2.24) is 15.2 Å². The smallest absolute Gasteiger partial charge is 0.251 e. The van der Waals surface area contributed by atoms with E-state index in [0.717, 1.165) is 22.0 Å². The number of carbonyl (C=O) groups excluding carboxylic acids is 1. The maximum Gasteiger partial charge on any atom is 0.251 e. The van der Waals surface area contributed by atoms with Crippen molar-refractivity contribution in [2.45, 2.75) is 34.9 Å². The Labute approximate surface area is 150 Å². The fraction of sp³-hybridized carbons (Fsp3) is 0.444. The summed E-state index contributed by atoms with van der Waals surface area (Å²) in [4.78, 5) is 20.4. The van der Waals surface area contributed by atoms with Gasteiger partial charge < -0.3 is 10.2 Å². The molecule has 3 saturated heterocycles. The molecule has 1 amide bonds. The summed E-state index contributed by atoms with van der Waals surface area (Å²) in [7, 11) is 0. The molecule has 6 heteroatoms. The summed E-state index contributed by atoms with van der Waals surface area (Å²) in [6.45, 7) is 5.41. The first kappa shape index (κ1) is 16.1. The van der Waals surface area contributed by atoms with Crippen LogP contribution in [0.3, 0.4) is 0 Å². The minimum absolute atomic E-state index is 0.0546. The Morgan fingerprint density at radius 3 is 2.62 bits per heavy atom. The lowest BCUT2D eigenvalue weighted by Crippen LogP contribution is -2.57. The minimum Gasteiger partial charge on any atom is -0.348 e. The van der Waals surface area contributed by atoms with Crippen molar-refractivity contribution in [2.24, 2.45) is 5.92 Å². The Hall–Kier alpha value is -1.37. The van der Waals surface area contributed by atoms with Crippen LogP contribution in [0.15, 0.2) is 39.6 Å². The predicted octanol–water partition coefficient (Wildman–Crippen LogP) is 3.43. The maximum absolute atomic E-state index is 12.5. The molecule has 4 nitrogen and oxygen atoms in total.